The summed E-state index contributed by atoms with van der Waals surface area (Å²) in [7, 11) is 0. The van der Waals surface area contributed by atoms with Crippen LogP contribution in [-0.2, 0) is 11.3 Å². The molecule has 0 saturated heterocycles. The van der Waals surface area contributed by atoms with E-state index in [9.17, 15) is 4.79 Å². The first-order valence-corrected chi connectivity index (χ1v) is 10.7. The fourth-order valence-electron chi connectivity index (χ4n) is 4.15. The van der Waals surface area contributed by atoms with E-state index in [-0.39, 0.29) is 11.2 Å². The lowest BCUT2D eigenvalue weighted by Crippen LogP contribution is -2.34. The van der Waals surface area contributed by atoms with Gasteiger partial charge >= 0.3 is 0 Å². The lowest BCUT2D eigenvalue weighted by Gasteiger charge is -2.30. The molecule has 4 rings (SSSR count). The van der Waals surface area contributed by atoms with E-state index in [4.69, 9.17) is 0 Å². The predicted octanol–water partition coefficient (Wildman–Crippen LogP) is 5.90. The highest BCUT2D eigenvalue weighted by atomic mass is 32.2. The number of fused-ring (bicyclic) bond motifs is 5. The summed E-state index contributed by atoms with van der Waals surface area (Å²) in [5.41, 5.74) is 5.81. The largest absolute Gasteiger partial charge is 0.342 e. The third kappa shape index (κ3) is 2.96. The normalized spacial score (nSPS) is 15.2. The number of amides is 1. The lowest BCUT2D eigenvalue weighted by atomic mass is 10.0. The Morgan fingerprint density at radius 2 is 1.79 bits per heavy atom. The average molecular weight is 391 g/mol. The van der Waals surface area contributed by atoms with Gasteiger partial charge in [-0.25, -0.2) is 0 Å². The Kier molecular flexibility index (Phi) is 5.07. The number of rotatable bonds is 5. The lowest BCUT2D eigenvalue weighted by molar-refractivity contribution is -0.130. The highest BCUT2D eigenvalue weighted by molar-refractivity contribution is 8.00. The molecule has 144 valence electrons. The first kappa shape index (κ1) is 18.9. The Balaban J connectivity index is 2.03. The van der Waals surface area contributed by atoms with E-state index in [2.05, 4.69) is 66.6 Å². The van der Waals surface area contributed by atoms with E-state index in [0.717, 1.165) is 30.8 Å². The molecule has 28 heavy (non-hydrogen) atoms. The Bertz CT molecular complexity index is 1060. The molecule has 3 nitrogen and oxygen atoms in total. The second kappa shape index (κ2) is 7.51. The molecule has 0 saturated carbocycles. The standard InChI is InChI=1S/C24H26N2OS/c1-5-25(6-2)24(27)23-21-17-11-7-9-13-19(17)26(15-16(3)4)22(21)18-12-8-10-14-20(18)28-23/h7-14,23H,3,5-6,15H2,1-2,4H3. The Labute approximate surface area is 171 Å². The van der Waals surface area contributed by atoms with E-state index in [0.29, 0.717) is 0 Å². The summed E-state index contributed by atoms with van der Waals surface area (Å²) in [6.07, 6.45) is 0. The number of para-hydroxylation sites is 1. The number of likely N-dealkylation sites (N-methyl/N-ethyl adjacent to an activating group) is 1. The summed E-state index contributed by atoms with van der Waals surface area (Å²) in [5, 5.41) is 0.951. The molecule has 0 spiro atoms. The van der Waals surface area contributed by atoms with Crippen LogP contribution in [0.15, 0.2) is 65.6 Å². The van der Waals surface area contributed by atoms with Gasteiger partial charge in [-0.3, -0.25) is 4.79 Å². The van der Waals surface area contributed by atoms with Crippen molar-refractivity contribution in [3.8, 4) is 11.3 Å². The summed E-state index contributed by atoms with van der Waals surface area (Å²) in [5.74, 6) is 0.198. The maximum Gasteiger partial charge on any atom is 0.240 e. The van der Waals surface area contributed by atoms with Crippen LogP contribution in [-0.4, -0.2) is 28.5 Å². The van der Waals surface area contributed by atoms with Crippen LogP contribution < -0.4 is 0 Å². The SMILES string of the molecule is C=C(C)Cn1c2c(c3ccccc31)C(C(=O)N(CC)CC)Sc1ccccc1-2. The number of carbonyl (C=O) groups excluding carboxylic acids is 1. The highest BCUT2D eigenvalue weighted by Gasteiger charge is 2.36. The van der Waals surface area contributed by atoms with Crippen LogP contribution in [0.3, 0.4) is 0 Å². The van der Waals surface area contributed by atoms with Crippen molar-refractivity contribution in [2.75, 3.05) is 13.1 Å². The first-order chi connectivity index (χ1) is 13.6. The molecule has 0 N–H and O–H groups in total. The van der Waals surface area contributed by atoms with Crippen LogP contribution in [0.5, 0.6) is 0 Å². The molecule has 2 aromatic carbocycles. The van der Waals surface area contributed by atoms with Gasteiger partial charge in [-0.2, -0.15) is 0 Å². The number of nitrogens with zero attached hydrogens (tertiary/aromatic N) is 2. The molecule has 1 unspecified atom stereocenters. The number of carbonyl (C=O) groups is 1. The van der Waals surface area contributed by atoms with Gasteiger partial charge in [0.05, 0.1) is 5.69 Å². The van der Waals surface area contributed by atoms with E-state index < -0.39 is 0 Å². The average Bonchev–Trinajstić information content (AvgIpc) is 3.02. The van der Waals surface area contributed by atoms with Crippen molar-refractivity contribution in [1.29, 1.82) is 0 Å². The van der Waals surface area contributed by atoms with Gasteiger partial charge in [0.2, 0.25) is 5.91 Å². The van der Waals surface area contributed by atoms with Crippen LogP contribution in [0, 0.1) is 0 Å². The Morgan fingerprint density at radius 1 is 1.11 bits per heavy atom. The molecule has 0 aliphatic carbocycles. The predicted molar refractivity (Wildman–Crippen MR) is 119 cm³/mol. The third-order valence-electron chi connectivity index (χ3n) is 5.39. The molecule has 0 radical (unpaired) electrons. The molecule has 2 heterocycles. The minimum Gasteiger partial charge on any atom is -0.342 e. The van der Waals surface area contributed by atoms with Crippen LogP contribution in [0.1, 0.15) is 31.6 Å². The first-order valence-electron chi connectivity index (χ1n) is 9.87. The molecule has 1 amide bonds. The fourth-order valence-corrected chi connectivity index (χ4v) is 5.46. The molecule has 1 atom stereocenters. The van der Waals surface area contributed by atoms with Crippen molar-refractivity contribution in [3.63, 3.8) is 0 Å². The summed E-state index contributed by atoms with van der Waals surface area (Å²) in [6.45, 7) is 12.5. The van der Waals surface area contributed by atoms with Gasteiger partial charge in [-0.15, -0.1) is 11.8 Å². The minimum absolute atomic E-state index is 0.198. The second-order valence-corrected chi connectivity index (χ2v) is 8.47. The second-order valence-electron chi connectivity index (χ2n) is 7.33. The van der Waals surface area contributed by atoms with E-state index >= 15 is 0 Å². The quantitative estimate of drug-likeness (QED) is 0.507. The molecule has 0 fully saturated rings. The summed E-state index contributed by atoms with van der Waals surface area (Å²) < 4.78 is 2.34. The van der Waals surface area contributed by atoms with Crippen LogP contribution in [0.25, 0.3) is 22.2 Å². The van der Waals surface area contributed by atoms with Gasteiger partial charge in [0.15, 0.2) is 0 Å². The topological polar surface area (TPSA) is 25.2 Å². The third-order valence-corrected chi connectivity index (χ3v) is 6.67. The smallest absolute Gasteiger partial charge is 0.240 e. The van der Waals surface area contributed by atoms with Crippen molar-refractivity contribution in [3.05, 3.63) is 66.2 Å². The maximum absolute atomic E-state index is 13.5. The van der Waals surface area contributed by atoms with E-state index in [1.807, 2.05) is 18.7 Å². The maximum atomic E-state index is 13.5. The molecule has 3 aromatic rings. The molecular formula is C24H26N2OS. The van der Waals surface area contributed by atoms with Gasteiger partial charge in [0.25, 0.3) is 0 Å². The Hall–Kier alpha value is -2.46. The number of allylic oxidation sites excluding steroid dienone is 1. The van der Waals surface area contributed by atoms with Crippen molar-refractivity contribution < 1.29 is 4.79 Å². The van der Waals surface area contributed by atoms with Gasteiger partial charge in [0, 0.05) is 46.6 Å². The molecule has 0 bridgehead atoms. The number of aromatic nitrogens is 1. The van der Waals surface area contributed by atoms with Crippen LogP contribution in [0.2, 0.25) is 0 Å². The van der Waals surface area contributed by atoms with Crippen molar-refractivity contribution in [2.24, 2.45) is 0 Å². The minimum atomic E-state index is -0.221. The number of hydrogen-bond donors (Lipinski definition) is 0. The van der Waals surface area contributed by atoms with Gasteiger partial charge in [-0.05, 0) is 32.9 Å². The van der Waals surface area contributed by atoms with Gasteiger partial charge in [-0.1, -0.05) is 48.6 Å². The fraction of sp³-hybridized carbons (Fsp3) is 0.292. The zero-order valence-electron chi connectivity index (χ0n) is 16.7. The van der Waals surface area contributed by atoms with Crippen molar-refractivity contribution >= 4 is 28.6 Å². The number of hydrogen-bond acceptors (Lipinski definition) is 2. The van der Waals surface area contributed by atoms with Crippen molar-refractivity contribution in [2.45, 2.75) is 37.5 Å². The van der Waals surface area contributed by atoms with E-state index in [1.165, 1.54) is 27.1 Å². The van der Waals surface area contributed by atoms with Gasteiger partial charge < -0.3 is 9.47 Å². The number of benzene rings is 2. The van der Waals surface area contributed by atoms with Crippen LogP contribution in [0.4, 0.5) is 0 Å². The Morgan fingerprint density at radius 3 is 2.50 bits per heavy atom. The summed E-state index contributed by atoms with van der Waals surface area (Å²) in [4.78, 5) is 16.6. The van der Waals surface area contributed by atoms with Crippen molar-refractivity contribution in [1.82, 2.24) is 9.47 Å². The van der Waals surface area contributed by atoms with Crippen LogP contribution >= 0.6 is 11.8 Å². The van der Waals surface area contributed by atoms with E-state index in [1.54, 1.807) is 11.8 Å². The molecule has 1 aromatic heterocycles. The molecule has 1 aliphatic rings. The molecule has 4 heteroatoms. The zero-order valence-corrected chi connectivity index (χ0v) is 17.6. The zero-order chi connectivity index (χ0) is 19.8. The summed E-state index contributed by atoms with van der Waals surface area (Å²) in [6, 6.07) is 16.9. The summed E-state index contributed by atoms with van der Waals surface area (Å²) >= 11 is 1.69. The molecular weight excluding hydrogens is 364 g/mol. The monoisotopic (exact) mass is 390 g/mol. The number of thioether (sulfide) groups is 1. The highest BCUT2D eigenvalue weighted by Crippen LogP contribution is 2.53. The molecule has 1 aliphatic heterocycles. The van der Waals surface area contributed by atoms with Gasteiger partial charge in [0.1, 0.15) is 5.25 Å².